The lowest BCUT2D eigenvalue weighted by Crippen LogP contribution is -2.58. The van der Waals surface area contributed by atoms with Crippen LogP contribution in [0.3, 0.4) is 0 Å². The zero-order chi connectivity index (χ0) is 95.6. The van der Waals surface area contributed by atoms with Crippen molar-refractivity contribution in [1.29, 1.82) is 0 Å². The molecule has 11 rings (SSSR count). The van der Waals surface area contributed by atoms with Gasteiger partial charge in [0.15, 0.2) is 17.3 Å². The highest BCUT2D eigenvalue weighted by Crippen LogP contribution is 2.73. The van der Waals surface area contributed by atoms with Gasteiger partial charge in [-0.15, -0.1) is 0 Å². The highest BCUT2D eigenvalue weighted by Gasteiger charge is 2.65. The van der Waals surface area contributed by atoms with Gasteiger partial charge in [0.1, 0.15) is 12.2 Å². The molecule has 0 aromatic rings. The first-order valence-electron chi connectivity index (χ1n) is 46.5. The molecular weight excluding hydrogens is 1630 g/mol. The summed E-state index contributed by atoms with van der Waals surface area (Å²) in [6.07, 6.45) is 35.5. The average Bonchev–Trinajstić information content (AvgIpc) is 0.702. The van der Waals surface area contributed by atoms with Crippen LogP contribution in [0.15, 0.2) is 117 Å². The molecular formula is C104H164O18S3. The number of ether oxygens (including phenoxy) is 3. The Bertz CT molecular complexity index is 4220. The van der Waals surface area contributed by atoms with Crippen molar-refractivity contribution < 1.29 is 88.3 Å². The van der Waals surface area contributed by atoms with E-state index in [9.17, 15) is 69.0 Å². The van der Waals surface area contributed by atoms with Gasteiger partial charge in [-0.1, -0.05) is 180 Å². The average molecular weight is 1800 g/mol. The highest BCUT2D eigenvalue weighted by molar-refractivity contribution is 8.00. The van der Waals surface area contributed by atoms with Crippen molar-refractivity contribution in [3.05, 3.63) is 117 Å². The quantitative estimate of drug-likeness (QED) is 0.0305. The Kier molecular flexibility index (Phi) is 38.3. The van der Waals surface area contributed by atoms with E-state index in [1.54, 1.807) is 18.2 Å². The number of carbonyl (C=O) groups excluding carboxylic acids is 5. The van der Waals surface area contributed by atoms with Gasteiger partial charge in [-0.3, -0.25) is 38.4 Å². The van der Waals surface area contributed by atoms with Gasteiger partial charge >= 0.3 is 41.8 Å². The molecule has 11 aliphatic carbocycles. The first kappa shape index (κ1) is 110. The number of carboxylic acid groups (broad SMARTS) is 3. The van der Waals surface area contributed by atoms with Crippen molar-refractivity contribution in [2.24, 2.45) is 107 Å². The highest BCUT2D eigenvalue weighted by atomic mass is 32.2. The van der Waals surface area contributed by atoms with Gasteiger partial charge in [-0.2, -0.15) is 37.0 Å². The van der Waals surface area contributed by atoms with Gasteiger partial charge in [0.2, 0.25) is 5.78 Å². The number of hydrogen-bond acceptors (Lipinski definition) is 18. The van der Waals surface area contributed by atoms with Crippen LogP contribution in [0.4, 0.5) is 0 Å². The number of aliphatic carboxylic acids is 3. The summed E-state index contributed by atoms with van der Waals surface area (Å²) in [7, 11) is 1.00. The summed E-state index contributed by atoms with van der Waals surface area (Å²) < 4.78 is 15.0. The van der Waals surface area contributed by atoms with Crippen LogP contribution in [0.5, 0.6) is 0 Å². The van der Waals surface area contributed by atoms with E-state index >= 15 is 0 Å². The summed E-state index contributed by atoms with van der Waals surface area (Å²) in [5.74, 6) is -1.06. The third-order valence-corrected chi connectivity index (χ3v) is 34.1. The second kappa shape index (κ2) is 43.6. The SMILES string of the molecule is CC(=O)OC(C)=O.CC(C)S.CC(C)S.CC1=C2C(=CC(O)C1O)[C@]1(C)CC[C@@H](C)[C@@H]3C[C@](C)(C(=O)O)CC[C@]3(C)CC[C@H](C)C1CC2SC(C)C.CC[C@@]1(C)[C@@H]2C[C@](C)(C(=O)O)CC[C@]2(C)CC[C@]1(C)/C1=C/C/C=C(C)/C(OC(C)=O)=C(OC(C)=O)\C=C\[C@H]1C.CC[C@]1(C)C2=CC=C3C=C(O)C(=O)C=C3[C@]2(C)CC[C@@]1(C)[C@@H]1C[C@](C)(C(=O)O)CC[C@H]1C.CO. The second-order valence-corrected chi connectivity index (χ2v) is 46.5. The zero-order valence-electron chi connectivity index (χ0n) is 82.1. The number of carbonyl (C=O) groups is 8. The number of aliphatic hydroxyl groups excluding tert-OH is 4. The molecule has 7 saturated carbocycles. The van der Waals surface area contributed by atoms with Crippen molar-refractivity contribution in [3.8, 4) is 0 Å². The Morgan fingerprint density at radius 3 is 1.58 bits per heavy atom. The van der Waals surface area contributed by atoms with Crippen molar-refractivity contribution in [3.63, 3.8) is 0 Å². The lowest BCUT2D eigenvalue weighted by molar-refractivity contribution is -0.171. The lowest BCUT2D eigenvalue weighted by Gasteiger charge is -2.65. The molecule has 22 atom stereocenters. The molecule has 706 valence electrons. The molecule has 0 amide bonds. The van der Waals surface area contributed by atoms with E-state index in [0.29, 0.717) is 69.3 Å². The molecule has 7 N–H and O–H groups in total. The number of hydrogen-bond donors (Lipinski definition) is 9. The van der Waals surface area contributed by atoms with Crippen molar-refractivity contribution >= 4 is 84.6 Å². The molecule has 0 saturated heterocycles. The smallest absolute Gasteiger partial charge is 0.310 e. The maximum absolute atomic E-state index is 12.4. The Morgan fingerprint density at radius 1 is 0.576 bits per heavy atom. The van der Waals surface area contributed by atoms with Crippen LogP contribution in [0.1, 0.15) is 336 Å². The number of thiol groups is 2. The van der Waals surface area contributed by atoms with Gasteiger partial charge in [0, 0.05) is 45.5 Å². The number of esters is 4. The van der Waals surface area contributed by atoms with Gasteiger partial charge in [0.05, 0.1) is 16.2 Å². The largest absolute Gasteiger partial charge is 0.504 e. The summed E-state index contributed by atoms with van der Waals surface area (Å²) >= 11 is 9.95. The molecule has 0 aromatic heterocycles. The predicted octanol–water partition coefficient (Wildman–Crippen LogP) is 24.1. The first-order chi connectivity index (χ1) is 57.6. The molecule has 0 aromatic carbocycles. The van der Waals surface area contributed by atoms with E-state index in [-0.39, 0.29) is 78.2 Å². The summed E-state index contributed by atoms with van der Waals surface area (Å²) in [6, 6.07) is 0. The number of rotatable bonds is 11. The van der Waals surface area contributed by atoms with Gasteiger partial charge in [-0.25, -0.2) is 0 Å². The Hall–Kier alpha value is -5.71. The summed E-state index contributed by atoms with van der Waals surface area (Å²) in [5, 5.41) is 70.8. The lowest BCUT2D eigenvalue weighted by atomic mass is 9.38. The van der Waals surface area contributed by atoms with E-state index in [1.165, 1.54) is 56.4 Å². The van der Waals surface area contributed by atoms with Crippen LogP contribution < -0.4 is 0 Å². The van der Waals surface area contributed by atoms with Crippen molar-refractivity contribution in [2.75, 3.05) is 7.11 Å². The third-order valence-electron chi connectivity index (χ3n) is 32.8. The predicted molar refractivity (Wildman–Crippen MR) is 511 cm³/mol. The number of fused-ring (bicyclic) bond motifs is 8. The van der Waals surface area contributed by atoms with Crippen molar-refractivity contribution in [1.82, 2.24) is 0 Å². The van der Waals surface area contributed by atoms with Crippen LogP contribution in [-0.4, -0.2) is 124 Å². The second-order valence-electron chi connectivity index (χ2n) is 42.7. The number of ketones is 1. The van der Waals surface area contributed by atoms with E-state index in [0.717, 1.165) is 145 Å². The maximum Gasteiger partial charge on any atom is 0.310 e. The van der Waals surface area contributed by atoms with Gasteiger partial charge in [0.25, 0.3) is 0 Å². The van der Waals surface area contributed by atoms with Crippen LogP contribution >= 0.6 is 37.0 Å². The van der Waals surface area contributed by atoms with E-state index in [4.69, 9.17) is 14.6 Å². The molecule has 21 heteroatoms. The van der Waals surface area contributed by atoms with Crippen LogP contribution in [-0.2, 0) is 52.6 Å². The Balaban J connectivity index is 0.000000304. The Labute approximate surface area is 767 Å². The van der Waals surface area contributed by atoms with Crippen LogP contribution in [0.2, 0.25) is 0 Å². The van der Waals surface area contributed by atoms with E-state index < -0.39 is 70.2 Å². The van der Waals surface area contributed by atoms with Crippen LogP contribution in [0, 0.1) is 107 Å². The van der Waals surface area contributed by atoms with E-state index in [1.807, 2.05) is 92.3 Å². The molecule has 0 heterocycles. The number of allylic oxidation sites excluding steroid dienone is 14. The minimum atomic E-state index is -0.847. The molecule has 4 unspecified atom stereocenters. The molecule has 0 spiro atoms. The normalized spacial score (nSPS) is 39.5. The van der Waals surface area contributed by atoms with Crippen molar-refractivity contribution in [2.45, 2.75) is 369 Å². The van der Waals surface area contributed by atoms with Gasteiger partial charge < -0.3 is 50.0 Å². The standard InChI is InChI=1S/C33H48O6.C32H52O4S.C28H38O4.C4H6O3.2C3H8S.CH4O/c1-10-32(8)27-20-31(7,29(36)37)17-16-30(27,6)18-19-33(32,9)25-13-11-12-22(3)28(39-24(5)35)26(38-23(4)34)15-14-21(25)2;1-18(2)37-26-16-22-19(3)9-11-30(6)13-14-31(7,29(35)36)17-24(30)20(4)10-12-32(22,8)23-15-25(33)28(34)21(5)27(23)26;1-7-27(5)23-9-8-18-14-21(29)22(30)15-19(18)26(23,4)12-13-28(27,6)20-16-25(3,24(31)32)11-10-17(20)2;1-3(5)7-4(2)6;2*1-3(2)4;1-2/h12-15,21,27H,10-11,16-20H2,1-9H3,(H,36,37);15,18-20,22,24-26,28,33-34H,9-14,16-17H2,1-8H3,(H,35,36);8-9,14-15,17,20,29H,7,10-13,16H2,1-6H3,(H,31,32);1-2H3;2*3-4H,1-2H3;2H,1H3/b15-14+,22-12+,25-13+,28-26-;;;;;;/t21-,27-,30-,31-,32+,33-;19-,20+,22?,24-,25?,26?,28?,30-,31+,32+;17-,20-,25-,26+,27-,28+;;;;/m101..../s1. The molecule has 7 fully saturated rings. The molecule has 18 nitrogen and oxygen atoms in total. The molecule has 11 aliphatic rings. The fraction of sp³-hybridized carbons (Fsp3) is 0.731. The molecule has 0 radical (unpaired) electrons. The van der Waals surface area contributed by atoms with E-state index in [2.05, 4.69) is 159 Å². The minimum Gasteiger partial charge on any atom is -0.504 e. The summed E-state index contributed by atoms with van der Waals surface area (Å²) in [6.45, 7) is 60.3. The summed E-state index contributed by atoms with van der Waals surface area (Å²) in [4.78, 5) is 92.5. The molecule has 125 heavy (non-hydrogen) atoms. The number of carboxylic acids is 3. The summed E-state index contributed by atoms with van der Waals surface area (Å²) in [5.41, 5.74) is 6.51. The monoisotopic (exact) mass is 1800 g/mol. The van der Waals surface area contributed by atoms with Gasteiger partial charge in [-0.05, 0) is 328 Å². The minimum absolute atomic E-state index is 0.0237. The Morgan fingerprint density at radius 2 is 1.07 bits per heavy atom. The number of aliphatic hydroxyl groups is 4. The topological polar surface area (TPSA) is 306 Å². The third kappa shape index (κ3) is 24.2. The first-order valence-corrected chi connectivity index (χ1v) is 48.5. The molecule has 0 bridgehead atoms. The van der Waals surface area contributed by atoms with Crippen LogP contribution in [0.25, 0.3) is 0 Å². The number of thioether (sulfide) groups is 1. The zero-order valence-corrected chi connectivity index (χ0v) is 84.7. The fourth-order valence-corrected chi connectivity index (χ4v) is 25.9. The maximum atomic E-state index is 12.4. The molecule has 0 aliphatic heterocycles. The fourth-order valence-electron chi connectivity index (χ4n) is 24.5.